The van der Waals surface area contributed by atoms with E-state index in [9.17, 15) is 4.79 Å². The van der Waals surface area contributed by atoms with Gasteiger partial charge in [-0.05, 0) is 29.2 Å². The lowest BCUT2D eigenvalue weighted by Crippen LogP contribution is -2.30. The van der Waals surface area contributed by atoms with Gasteiger partial charge in [0.15, 0.2) is 0 Å². The third kappa shape index (κ3) is 4.73. The predicted molar refractivity (Wildman–Crippen MR) is 102 cm³/mol. The van der Waals surface area contributed by atoms with Gasteiger partial charge in [-0.2, -0.15) is 0 Å². The molecule has 1 N–H and O–H groups in total. The number of ether oxygens (including phenoxy) is 1. The Morgan fingerprint density at radius 1 is 1.11 bits per heavy atom. The van der Waals surface area contributed by atoms with Gasteiger partial charge in [-0.1, -0.05) is 50.2 Å². The average molecular weight is 365 g/mol. The molecular formula is C21H23N3O3. The van der Waals surface area contributed by atoms with Gasteiger partial charge in [0.1, 0.15) is 5.75 Å². The van der Waals surface area contributed by atoms with Crippen molar-refractivity contribution in [2.75, 3.05) is 7.11 Å². The van der Waals surface area contributed by atoms with Crippen molar-refractivity contribution < 1.29 is 13.9 Å². The first-order valence-electron chi connectivity index (χ1n) is 8.77. The van der Waals surface area contributed by atoms with E-state index in [1.807, 2.05) is 54.6 Å². The van der Waals surface area contributed by atoms with Crippen LogP contribution in [0.5, 0.6) is 5.75 Å². The molecule has 0 aliphatic carbocycles. The summed E-state index contributed by atoms with van der Waals surface area (Å²) in [6.07, 6.45) is 0.369. The summed E-state index contributed by atoms with van der Waals surface area (Å²) in [6.45, 7) is 4.30. The Bertz CT molecular complexity index is 904. The minimum atomic E-state index is -0.258. The van der Waals surface area contributed by atoms with Crippen LogP contribution in [-0.2, 0) is 16.8 Å². The van der Waals surface area contributed by atoms with Crippen LogP contribution < -0.4 is 10.1 Å². The van der Waals surface area contributed by atoms with Crippen LogP contribution in [0.2, 0.25) is 0 Å². The Balaban J connectivity index is 1.59. The van der Waals surface area contributed by atoms with Gasteiger partial charge in [0.05, 0.1) is 13.7 Å². The van der Waals surface area contributed by atoms with Gasteiger partial charge < -0.3 is 14.5 Å². The fourth-order valence-corrected chi connectivity index (χ4v) is 2.83. The highest BCUT2D eigenvalue weighted by atomic mass is 16.5. The van der Waals surface area contributed by atoms with Gasteiger partial charge in [-0.25, -0.2) is 0 Å². The van der Waals surface area contributed by atoms with Gasteiger partial charge >= 0.3 is 0 Å². The lowest BCUT2D eigenvalue weighted by molar-refractivity contribution is -0.122. The number of aromatic nitrogens is 2. The van der Waals surface area contributed by atoms with E-state index in [-0.39, 0.29) is 17.9 Å². The topological polar surface area (TPSA) is 77.3 Å². The highest BCUT2D eigenvalue weighted by Crippen LogP contribution is 2.26. The zero-order valence-electron chi connectivity index (χ0n) is 15.7. The molecule has 0 fully saturated rings. The first-order valence-corrected chi connectivity index (χ1v) is 8.77. The van der Waals surface area contributed by atoms with Gasteiger partial charge in [0.2, 0.25) is 17.7 Å². The molecule has 0 aliphatic rings. The molecule has 27 heavy (non-hydrogen) atoms. The van der Waals surface area contributed by atoms with Crippen LogP contribution in [0, 0.1) is 0 Å². The highest BCUT2D eigenvalue weighted by Gasteiger charge is 2.24. The maximum absolute atomic E-state index is 12.3. The second-order valence-corrected chi connectivity index (χ2v) is 6.94. The molecule has 6 nitrogen and oxygen atoms in total. The average Bonchev–Trinajstić information content (AvgIpc) is 3.16. The Labute approximate surface area is 158 Å². The summed E-state index contributed by atoms with van der Waals surface area (Å²) in [5.41, 5.74) is 1.63. The molecule has 3 aromatic rings. The number of nitrogens with one attached hydrogen (secondary N) is 1. The zero-order chi connectivity index (χ0) is 19.3. The summed E-state index contributed by atoms with van der Waals surface area (Å²) in [5.74, 6) is 1.40. The molecular weight excluding hydrogens is 342 g/mol. The zero-order valence-corrected chi connectivity index (χ0v) is 15.7. The fraction of sp³-hybridized carbons (Fsp3) is 0.286. The normalized spacial score (nSPS) is 11.2. The van der Waals surface area contributed by atoms with E-state index in [4.69, 9.17) is 9.15 Å². The van der Waals surface area contributed by atoms with Crippen LogP contribution >= 0.6 is 0 Å². The quantitative estimate of drug-likeness (QED) is 0.690. The Hall–Kier alpha value is -3.15. The van der Waals surface area contributed by atoms with Crippen molar-refractivity contribution in [2.45, 2.75) is 32.2 Å². The van der Waals surface area contributed by atoms with Crippen LogP contribution in [0.15, 0.2) is 59.0 Å². The lowest BCUT2D eigenvalue weighted by Gasteiger charge is -2.24. The molecule has 1 heterocycles. The molecule has 0 unspecified atom stereocenters. The molecule has 6 heteroatoms. The monoisotopic (exact) mass is 365 g/mol. The van der Waals surface area contributed by atoms with E-state index in [0.717, 1.165) is 11.1 Å². The summed E-state index contributed by atoms with van der Waals surface area (Å²) in [6, 6.07) is 17.4. The maximum atomic E-state index is 12.3. The van der Waals surface area contributed by atoms with E-state index in [2.05, 4.69) is 29.4 Å². The SMILES string of the molecule is COc1cccc(-c2nnc(CNC(=O)CC(C)(C)c3ccccc3)o2)c1. The fourth-order valence-electron chi connectivity index (χ4n) is 2.83. The maximum Gasteiger partial charge on any atom is 0.247 e. The van der Waals surface area contributed by atoms with Crippen molar-refractivity contribution in [1.82, 2.24) is 15.5 Å². The molecule has 0 spiro atoms. The van der Waals surface area contributed by atoms with Crippen molar-refractivity contribution in [1.29, 1.82) is 0 Å². The van der Waals surface area contributed by atoms with E-state index < -0.39 is 0 Å². The molecule has 2 aromatic carbocycles. The van der Waals surface area contributed by atoms with E-state index >= 15 is 0 Å². The van der Waals surface area contributed by atoms with Gasteiger partial charge in [0.25, 0.3) is 0 Å². The number of hydrogen-bond donors (Lipinski definition) is 1. The van der Waals surface area contributed by atoms with Crippen LogP contribution in [0.3, 0.4) is 0 Å². The molecule has 1 aromatic heterocycles. The number of nitrogens with zero attached hydrogens (tertiary/aromatic N) is 2. The third-order valence-corrected chi connectivity index (χ3v) is 4.38. The number of amides is 1. The molecule has 0 bridgehead atoms. The number of methoxy groups -OCH3 is 1. The first kappa shape index (κ1) is 18.6. The standard InChI is InChI=1S/C21H23N3O3/c1-21(2,16-9-5-4-6-10-16)13-18(25)22-14-19-23-24-20(27-19)15-8-7-11-17(12-15)26-3/h4-12H,13-14H2,1-3H3,(H,22,25). The molecule has 0 aliphatic heterocycles. The van der Waals surface area contributed by atoms with E-state index in [0.29, 0.717) is 24.0 Å². The second-order valence-electron chi connectivity index (χ2n) is 6.94. The second kappa shape index (κ2) is 8.03. The Kier molecular flexibility index (Phi) is 5.54. The molecule has 0 atom stereocenters. The number of hydrogen-bond acceptors (Lipinski definition) is 5. The van der Waals surface area contributed by atoms with Crippen LogP contribution in [0.4, 0.5) is 0 Å². The number of rotatable bonds is 7. The molecule has 3 rings (SSSR count). The predicted octanol–water partition coefficient (Wildman–Crippen LogP) is 3.73. The third-order valence-electron chi connectivity index (χ3n) is 4.38. The van der Waals surface area contributed by atoms with Gasteiger partial charge in [-0.15, -0.1) is 10.2 Å². The minimum absolute atomic E-state index is 0.0648. The van der Waals surface area contributed by atoms with Crippen molar-refractivity contribution in [2.24, 2.45) is 0 Å². The summed E-state index contributed by atoms with van der Waals surface area (Å²) < 4.78 is 10.8. The molecule has 0 saturated heterocycles. The molecule has 140 valence electrons. The van der Waals surface area contributed by atoms with E-state index in [1.54, 1.807) is 7.11 Å². The van der Waals surface area contributed by atoms with Crippen LogP contribution in [0.25, 0.3) is 11.5 Å². The minimum Gasteiger partial charge on any atom is -0.497 e. The summed E-state index contributed by atoms with van der Waals surface area (Å²) >= 11 is 0. The molecule has 0 saturated carbocycles. The van der Waals surface area contributed by atoms with Crippen LogP contribution in [-0.4, -0.2) is 23.2 Å². The first-order chi connectivity index (χ1) is 13.0. The van der Waals surface area contributed by atoms with Gasteiger partial charge in [-0.3, -0.25) is 4.79 Å². The van der Waals surface area contributed by atoms with Crippen molar-refractivity contribution in [3.8, 4) is 17.2 Å². The molecule has 0 radical (unpaired) electrons. The number of carbonyl (C=O) groups excluding carboxylic acids is 1. The number of carbonyl (C=O) groups is 1. The Morgan fingerprint density at radius 3 is 2.63 bits per heavy atom. The number of benzene rings is 2. The van der Waals surface area contributed by atoms with E-state index in [1.165, 1.54) is 0 Å². The van der Waals surface area contributed by atoms with Crippen molar-refractivity contribution in [3.05, 3.63) is 66.1 Å². The summed E-state index contributed by atoms with van der Waals surface area (Å²) in [4.78, 5) is 12.3. The van der Waals surface area contributed by atoms with Crippen molar-refractivity contribution >= 4 is 5.91 Å². The molecule has 1 amide bonds. The highest BCUT2D eigenvalue weighted by molar-refractivity contribution is 5.77. The largest absolute Gasteiger partial charge is 0.497 e. The summed E-state index contributed by atoms with van der Waals surface area (Å²) in [7, 11) is 1.60. The van der Waals surface area contributed by atoms with Crippen molar-refractivity contribution in [3.63, 3.8) is 0 Å². The van der Waals surface area contributed by atoms with Gasteiger partial charge in [0, 0.05) is 12.0 Å². The lowest BCUT2D eigenvalue weighted by atomic mass is 9.81. The Morgan fingerprint density at radius 2 is 1.89 bits per heavy atom. The van der Waals surface area contributed by atoms with Crippen LogP contribution in [0.1, 0.15) is 31.7 Å². The summed E-state index contributed by atoms with van der Waals surface area (Å²) in [5, 5.41) is 10.9. The smallest absolute Gasteiger partial charge is 0.247 e.